The van der Waals surface area contributed by atoms with Gasteiger partial charge in [0.2, 0.25) is 5.95 Å². The summed E-state index contributed by atoms with van der Waals surface area (Å²) < 4.78 is 4.53. The summed E-state index contributed by atoms with van der Waals surface area (Å²) >= 11 is 0. The van der Waals surface area contributed by atoms with E-state index in [1.165, 1.54) is 7.11 Å². The van der Waals surface area contributed by atoms with Crippen LogP contribution in [-0.4, -0.2) is 36.1 Å². The van der Waals surface area contributed by atoms with Crippen LogP contribution in [0.25, 0.3) is 0 Å². The van der Waals surface area contributed by atoms with E-state index in [0.29, 0.717) is 24.7 Å². The van der Waals surface area contributed by atoms with Crippen LogP contribution in [-0.2, 0) is 9.53 Å². The molecule has 0 aliphatic heterocycles. The number of methoxy groups -OCH3 is 1. The third-order valence-electron chi connectivity index (χ3n) is 1.85. The molecule has 0 spiro atoms. The lowest BCUT2D eigenvalue weighted by Gasteiger charge is -2.06. The van der Waals surface area contributed by atoms with Crippen molar-refractivity contribution in [3.8, 4) is 0 Å². The molecule has 0 amide bonds. The van der Waals surface area contributed by atoms with Crippen molar-refractivity contribution >= 4 is 17.7 Å². The van der Waals surface area contributed by atoms with Gasteiger partial charge < -0.3 is 15.4 Å². The molecule has 0 aliphatic carbocycles. The first-order valence-electron chi connectivity index (χ1n) is 5.14. The molecular formula is C10H16N4O2. The topological polar surface area (TPSA) is 76.1 Å². The van der Waals surface area contributed by atoms with Crippen molar-refractivity contribution in [3.05, 3.63) is 12.3 Å². The van der Waals surface area contributed by atoms with Gasteiger partial charge in [-0.05, 0) is 13.0 Å². The van der Waals surface area contributed by atoms with E-state index in [1.807, 2.05) is 6.92 Å². The number of carbonyl (C=O) groups excluding carboxylic acids is 1. The second kappa shape index (κ2) is 6.60. The molecule has 6 heteroatoms. The number of nitrogens with one attached hydrogen (secondary N) is 2. The standard InChI is InChI=1S/C10H16N4O2/c1-3-11-10-13-6-4-8(14-10)12-7-5-9(15)16-2/h4,6H,3,5,7H2,1-2H3,(H2,11,12,13,14). The van der Waals surface area contributed by atoms with Gasteiger partial charge >= 0.3 is 5.97 Å². The van der Waals surface area contributed by atoms with Gasteiger partial charge in [0.25, 0.3) is 0 Å². The van der Waals surface area contributed by atoms with E-state index in [-0.39, 0.29) is 5.97 Å². The van der Waals surface area contributed by atoms with E-state index in [4.69, 9.17) is 0 Å². The summed E-state index contributed by atoms with van der Waals surface area (Å²) in [6.45, 7) is 3.24. The number of esters is 1. The van der Waals surface area contributed by atoms with E-state index in [1.54, 1.807) is 12.3 Å². The number of hydrogen-bond acceptors (Lipinski definition) is 6. The van der Waals surface area contributed by atoms with Gasteiger partial charge in [0.15, 0.2) is 0 Å². The number of rotatable bonds is 6. The third-order valence-corrected chi connectivity index (χ3v) is 1.85. The Morgan fingerprint density at radius 3 is 3.00 bits per heavy atom. The van der Waals surface area contributed by atoms with Crippen LogP contribution in [0.4, 0.5) is 11.8 Å². The second-order valence-electron chi connectivity index (χ2n) is 3.05. The highest BCUT2D eigenvalue weighted by atomic mass is 16.5. The Bertz CT molecular complexity index is 343. The molecule has 0 saturated heterocycles. The van der Waals surface area contributed by atoms with Gasteiger partial charge in [0.1, 0.15) is 5.82 Å². The van der Waals surface area contributed by atoms with Gasteiger partial charge in [-0.15, -0.1) is 0 Å². The van der Waals surface area contributed by atoms with Gasteiger partial charge in [-0.1, -0.05) is 0 Å². The smallest absolute Gasteiger partial charge is 0.307 e. The van der Waals surface area contributed by atoms with E-state index in [9.17, 15) is 4.79 Å². The van der Waals surface area contributed by atoms with Crippen LogP contribution in [0.15, 0.2) is 12.3 Å². The zero-order valence-corrected chi connectivity index (χ0v) is 9.49. The maximum atomic E-state index is 10.9. The minimum absolute atomic E-state index is 0.242. The summed E-state index contributed by atoms with van der Waals surface area (Å²) in [5.41, 5.74) is 0. The maximum absolute atomic E-state index is 10.9. The SMILES string of the molecule is CCNc1nccc(NCCC(=O)OC)n1. The molecule has 0 bridgehead atoms. The van der Waals surface area contributed by atoms with Crippen molar-refractivity contribution in [1.29, 1.82) is 0 Å². The van der Waals surface area contributed by atoms with Crippen LogP contribution < -0.4 is 10.6 Å². The highest BCUT2D eigenvalue weighted by molar-refractivity contribution is 5.69. The van der Waals surface area contributed by atoms with Crippen LogP contribution in [0.3, 0.4) is 0 Å². The van der Waals surface area contributed by atoms with Gasteiger partial charge in [0, 0.05) is 19.3 Å². The fourth-order valence-corrected chi connectivity index (χ4v) is 1.10. The number of aromatic nitrogens is 2. The molecule has 1 aromatic rings. The normalized spacial score (nSPS) is 9.62. The van der Waals surface area contributed by atoms with Crippen LogP contribution in [0, 0.1) is 0 Å². The average Bonchev–Trinajstić information content (AvgIpc) is 2.30. The summed E-state index contributed by atoms with van der Waals surface area (Å²) in [5.74, 6) is 1.02. The molecule has 16 heavy (non-hydrogen) atoms. The zero-order chi connectivity index (χ0) is 11.8. The lowest BCUT2D eigenvalue weighted by molar-refractivity contribution is -0.140. The number of anilines is 2. The number of ether oxygens (including phenoxy) is 1. The Balaban J connectivity index is 2.41. The molecule has 1 aromatic heterocycles. The summed E-state index contributed by atoms with van der Waals surface area (Å²) in [6.07, 6.45) is 1.97. The Kier molecular flexibility index (Phi) is 5.04. The predicted octanol–water partition coefficient (Wildman–Crippen LogP) is 0.883. The number of hydrogen-bond donors (Lipinski definition) is 2. The first-order chi connectivity index (χ1) is 7.76. The van der Waals surface area contributed by atoms with Crippen molar-refractivity contribution in [2.75, 3.05) is 30.8 Å². The molecule has 0 radical (unpaired) electrons. The monoisotopic (exact) mass is 224 g/mol. The fourth-order valence-electron chi connectivity index (χ4n) is 1.10. The Morgan fingerprint density at radius 2 is 2.31 bits per heavy atom. The molecule has 0 aromatic carbocycles. The second-order valence-corrected chi connectivity index (χ2v) is 3.05. The molecule has 0 atom stereocenters. The van der Waals surface area contributed by atoms with Crippen molar-refractivity contribution < 1.29 is 9.53 Å². The van der Waals surface area contributed by atoms with E-state index >= 15 is 0 Å². The first kappa shape index (κ1) is 12.2. The predicted molar refractivity (Wildman–Crippen MR) is 61.3 cm³/mol. The molecular weight excluding hydrogens is 208 g/mol. The number of nitrogens with zero attached hydrogens (tertiary/aromatic N) is 2. The van der Waals surface area contributed by atoms with Gasteiger partial charge in [-0.2, -0.15) is 4.98 Å². The lowest BCUT2D eigenvalue weighted by atomic mass is 10.4. The average molecular weight is 224 g/mol. The molecule has 2 N–H and O–H groups in total. The van der Waals surface area contributed by atoms with Crippen LogP contribution in [0.1, 0.15) is 13.3 Å². The van der Waals surface area contributed by atoms with Crippen molar-refractivity contribution in [3.63, 3.8) is 0 Å². The minimum atomic E-state index is -0.242. The maximum Gasteiger partial charge on any atom is 0.307 e. The van der Waals surface area contributed by atoms with Gasteiger partial charge in [0.05, 0.1) is 13.5 Å². The molecule has 6 nitrogen and oxygen atoms in total. The highest BCUT2D eigenvalue weighted by Gasteiger charge is 2.01. The summed E-state index contributed by atoms with van der Waals surface area (Å²) in [4.78, 5) is 19.1. The quantitative estimate of drug-likeness (QED) is 0.699. The van der Waals surface area contributed by atoms with Gasteiger partial charge in [-0.25, -0.2) is 4.98 Å². The molecule has 88 valence electrons. The van der Waals surface area contributed by atoms with Gasteiger partial charge in [-0.3, -0.25) is 4.79 Å². The zero-order valence-electron chi connectivity index (χ0n) is 9.49. The van der Waals surface area contributed by atoms with E-state index in [0.717, 1.165) is 6.54 Å². The summed E-state index contributed by atoms with van der Waals surface area (Å²) in [6, 6.07) is 1.75. The summed E-state index contributed by atoms with van der Waals surface area (Å²) in [5, 5.41) is 6.02. The molecule has 0 saturated carbocycles. The van der Waals surface area contributed by atoms with E-state index in [2.05, 4.69) is 25.3 Å². The highest BCUT2D eigenvalue weighted by Crippen LogP contribution is 2.05. The molecule has 0 fully saturated rings. The van der Waals surface area contributed by atoms with Crippen molar-refractivity contribution in [1.82, 2.24) is 9.97 Å². The van der Waals surface area contributed by atoms with Crippen molar-refractivity contribution in [2.24, 2.45) is 0 Å². The Hall–Kier alpha value is -1.85. The fraction of sp³-hybridized carbons (Fsp3) is 0.500. The Labute approximate surface area is 94.4 Å². The summed E-state index contributed by atoms with van der Waals surface area (Å²) in [7, 11) is 1.37. The Morgan fingerprint density at radius 1 is 1.50 bits per heavy atom. The van der Waals surface area contributed by atoms with Crippen LogP contribution in [0.5, 0.6) is 0 Å². The van der Waals surface area contributed by atoms with Crippen LogP contribution in [0.2, 0.25) is 0 Å². The van der Waals surface area contributed by atoms with E-state index < -0.39 is 0 Å². The number of carbonyl (C=O) groups is 1. The molecule has 1 rings (SSSR count). The van der Waals surface area contributed by atoms with Crippen molar-refractivity contribution in [2.45, 2.75) is 13.3 Å². The lowest BCUT2D eigenvalue weighted by Crippen LogP contribution is -2.11. The molecule has 0 aliphatic rings. The third kappa shape index (κ3) is 4.12. The first-order valence-corrected chi connectivity index (χ1v) is 5.14. The molecule has 0 unspecified atom stereocenters. The van der Waals surface area contributed by atoms with Crippen LogP contribution >= 0.6 is 0 Å². The minimum Gasteiger partial charge on any atom is -0.469 e. The largest absolute Gasteiger partial charge is 0.469 e. The molecule has 1 heterocycles.